The number of sulfonamides is 1. The second-order valence-corrected chi connectivity index (χ2v) is 14.6. The monoisotopic (exact) mass is 566 g/mol. The Morgan fingerprint density at radius 3 is 2.29 bits per heavy atom. The Hall–Kier alpha value is -1.59. The zero-order valence-electron chi connectivity index (χ0n) is 22.3. The molecule has 0 unspecified atom stereocenters. The fourth-order valence-corrected chi connectivity index (χ4v) is 8.68. The molecule has 2 saturated heterocycles. The zero-order valence-corrected chi connectivity index (χ0v) is 23.8. The molecule has 4 aliphatic rings. The van der Waals surface area contributed by atoms with Crippen molar-refractivity contribution in [1.29, 1.82) is 0 Å². The number of rotatable bonds is 9. The van der Waals surface area contributed by atoms with Gasteiger partial charge in [0.25, 0.3) is 0 Å². The van der Waals surface area contributed by atoms with E-state index in [9.17, 15) is 23.2 Å². The summed E-state index contributed by atoms with van der Waals surface area (Å²) < 4.78 is 29.8. The van der Waals surface area contributed by atoms with E-state index >= 15 is 0 Å². The molecule has 1 aromatic rings. The highest BCUT2D eigenvalue weighted by Crippen LogP contribution is 2.58. The van der Waals surface area contributed by atoms with Gasteiger partial charge in [0, 0.05) is 55.2 Å². The molecule has 2 aliphatic carbocycles. The normalized spacial score (nSPS) is 28.7. The number of aliphatic hydroxyl groups excluding tert-OH is 1. The molecule has 1 N–H and O–H groups in total. The number of aliphatic hydroxyl groups is 1. The van der Waals surface area contributed by atoms with Crippen LogP contribution in [0.4, 0.5) is 0 Å². The van der Waals surface area contributed by atoms with Crippen molar-refractivity contribution < 1.29 is 18.3 Å². The molecule has 0 spiro atoms. The summed E-state index contributed by atoms with van der Waals surface area (Å²) >= 11 is 6.04. The van der Waals surface area contributed by atoms with E-state index < -0.39 is 27.6 Å². The van der Waals surface area contributed by atoms with Crippen LogP contribution in [0.5, 0.6) is 0 Å². The largest absolute Gasteiger partial charge is 0.393 e. The molecule has 210 valence electrons. The lowest BCUT2D eigenvalue weighted by molar-refractivity contribution is -0.136. The first-order chi connectivity index (χ1) is 18.0. The van der Waals surface area contributed by atoms with Crippen molar-refractivity contribution in [3.8, 4) is 0 Å². The molecule has 4 fully saturated rings. The molecule has 1 aromatic carbocycles. The van der Waals surface area contributed by atoms with Gasteiger partial charge in [-0.3, -0.25) is 9.69 Å². The molecule has 2 heterocycles. The number of hydrogen-bond donors (Lipinski definition) is 1. The minimum Gasteiger partial charge on any atom is -0.393 e. The van der Waals surface area contributed by atoms with Crippen LogP contribution >= 0.6 is 11.6 Å². The number of carbonyl (C=O) groups excluding carboxylic acids is 1. The van der Waals surface area contributed by atoms with Crippen LogP contribution in [0.15, 0.2) is 34.3 Å². The molecule has 38 heavy (non-hydrogen) atoms. The first-order valence-electron chi connectivity index (χ1n) is 13.8. The van der Waals surface area contributed by atoms with Gasteiger partial charge in [-0.2, -0.15) is 9.21 Å². The van der Waals surface area contributed by atoms with E-state index in [1.165, 1.54) is 0 Å². The van der Waals surface area contributed by atoms with Gasteiger partial charge in [-0.05, 0) is 88.0 Å². The predicted octanol–water partition coefficient (Wildman–Crippen LogP) is 3.49. The number of piperidine rings is 1. The van der Waals surface area contributed by atoms with E-state index in [-0.39, 0.29) is 41.3 Å². The highest BCUT2D eigenvalue weighted by molar-refractivity contribution is 7.89. The van der Waals surface area contributed by atoms with Crippen LogP contribution in [-0.4, -0.2) is 90.0 Å². The van der Waals surface area contributed by atoms with Crippen LogP contribution in [0.1, 0.15) is 58.8 Å². The maximum atomic E-state index is 14.1. The second-order valence-electron chi connectivity index (χ2n) is 12.3. The fraction of sp³-hybridized carbons (Fsp3) is 0.741. The van der Waals surface area contributed by atoms with E-state index in [4.69, 9.17) is 11.6 Å². The van der Waals surface area contributed by atoms with Crippen molar-refractivity contribution in [1.82, 2.24) is 14.1 Å². The maximum Gasteiger partial charge on any atom is 0.243 e. The van der Waals surface area contributed by atoms with Gasteiger partial charge in [-0.25, -0.2) is 8.42 Å². The van der Waals surface area contributed by atoms with E-state index in [0.29, 0.717) is 44.0 Å². The van der Waals surface area contributed by atoms with Crippen LogP contribution in [0, 0.1) is 16.2 Å². The van der Waals surface area contributed by atoms with Gasteiger partial charge in [-0.1, -0.05) is 16.8 Å². The van der Waals surface area contributed by atoms with Gasteiger partial charge >= 0.3 is 0 Å². The third-order valence-electron chi connectivity index (χ3n) is 9.24. The Morgan fingerprint density at radius 2 is 1.74 bits per heavy atom. The van der Waals surface area contributed by atoms with E-state index in [1.54, 1.807) is 28.6 Å². The van der Waals surface area contributed by atoms with Gasteiger partial charge in [0.1, 0.15) is 0 Å². The van der Waals surface area contributed by atoms with Crippen LogP contribution < -0.4 is 0 Å². The van der Waals surface area contributed by atoms with Crippen molar-refractivity contribution in [2.24, 2.45) is 16.5 Å². The van der Waals surface area contributed by atoms with Crippen molar-refractivity contribution in [3.63, 3.8) is 0 Å². The van der Waals surface area contributed by atoms with E-state index in [0.717, 1.165) is 25.7 Å². The summed E-state index contributed by atoms with van der Waals surface area (Å²) in [6, 6.07) is 5.62. The number of nitrogens with zero attached hydrogens (tertiary/aromatic N) is 4. The molecule has 0 radical (unpaired) electrons. The van der Waals surface area contributed by atoms with Gasteiger partial charge in [0.05, 0.1) is 17.5 Å². The maximum absolute atomic E-state index is 14.1. The van der Waals surface area contributed by atoms with E-state index in [2.05, 4.69) is 10.1 Å². The molecule has 0 aromatic heterocycles. The van der Waals surface area contributed by atoms with Crippen molar-refractivity contribution in [3.05, 3.63) is 34.2 Å². The van der Waals surface area contributed by atoms with Gasteiger partial charge in [0.2, 0.25) is 15.9 Å². The van der Waals surface area contributed by atoms with Crippen molar-refractivity contribution in [2.75, 3.05) is 32.7 Å². The SMILES string of the molecule is CC(C)(CN=O)N1CCN(C(=O)CC2([C@H]3C[C@@H](O)C[C@@H](C4CC4)N3S(=O)(=O)c3ccc(Cl)cc3)CC2)CC1. The second kappa shape index (κ2) is 10.4. The molecule has 2 aliphatic heterocycles. The number of piperazine rings is 1. The lowest BCUT2D eigenvalue weighted by atomic mass is 9.82. The van der Waals surface area contributed by atoms with Crippen LogP contribution in [0.2, 0.25) is 5.02 Å². The molecule has 0 bridgehead atoms. The fourth-order valence-electron chi connectivity index (χ4n) is 6.57. The van der Waals surface area contributed by atoms with Crippen molar-refractivity contribution >= 4 is 27.5 Å². The first-order valence-corrected chi connectivity index (χ1v) is 15.6. The Labute approximate surface area is 230 Å². The Morgan fingerprint density at radius 1 is 1.11 bits per heavy atom. The molecule has 5 rings (SSSR count). The van der Waals surface area contributed by atoms with Crippen molar-refractivity contribution in [2.45, 2.75) is 87.4 Å². The van der Waals surface area contributed by atoms with E-state index in [1.807, 2.05) is 18.7 Å². The smallest absolute Gasteiger partial charge is 0.243 e. The summed E-state index contributed by atoms with van der Waals surface area (Å²) in [6.45, 7) is 6.67. The average Bonchev–Trinajstić information content (AvgIpc) is 3.79. The number of halogens is 1. The molecule has 9 nitrogen and oxygen atoms in total. The number of nitroso groups, excluding NO2 is 1. The highest BCUT2D eigenvalue weighted by Gasteiger charge is 2.60. The van der Waals surface area contributed by atoms with Crippen LogP contribution in [0.25, 0.3) is 0 Å². The third kappa shape index (κ3) is 5.52. The summed E-state index contributed by atoms with van der Waals surface area (Å²) in [6.07, 6.45) is 3.97. The quantitative estimate of drug-likeness (QED) is 0.458. The number of hydrogen-bond acceptors (Lipinski definition) is 7. The summed E-state index contributed by atoms with van der Waals surface area (Å²) in [4.78, 5) is 28.7. The number of benzene rings is 1. The number of carbonyl (C=O) groups is 1. The lowest BCUT2D eigenvalue weighted by Gasteiger charge is -2.47. The average molecular weight is 567 g/mol. The Bertz CT molecular complexity index is 1140. The van der Waals surface area contributed by atoms with Gasteiger partial charge in [0.15, 0.2) is 0 Å². The topological polar surface area (TPSA) is 111 Å². The first kappa shape index (κ1) is 28.0. The predicted molar refractivity (Wildman–Crippen MR) is 145 cm³/mol. The van der Waals surface area contributed by atoms with Gasteiger partial charge in [-0.15, -0.1) is 0 Å². The lowest BCUT2D eigenvalue weighted by Crippen LogP contribution is -2.59. The molecule has 3 atom stereocenters. The summed E-state index contributed by atoms with van der Waals surface area (Å²) in [5, 5.41) is 14.4. The molecular formula is C27H39ClN4O5S. The summed E-state index contributed by atoms with van der Waals surface area (Å²) in [5.74, 6) is 0.290. The van der Waals surface area contributed by atoms with Crippen LogP contribution in [-0.2, 0) is 14.8 Å². The zero-order chi connectivity index (χ0) is 27.3. The molecule has 2 saturated carbocycles. The molecular weight excluding hydrogens is 528 g/mol. The summed E-state index contributed by atoms with van der Waals surface area (Å²) in [7, 11) is -3.84. The minimum absolute atomic E-state index is 0.0420. The van der Waals surface area contributed by atoms with Gasteiger partial charge < -0.3 is 10.0 Å². The Kier molecular flexibility index (Phi) is 7.67. The number of amides is 1. The minimum atomic E-state index is -3.84. The standard InChI is InChI=1S/C27H39ClN4O5S/c1-26(2,18-29-35)31-13-11-30(12-14-31)25(34)17-27(9-10-27)24-16-21(33)15-23(19-3-4-19)32(24)38(36,37)22-7-5-20(28)6-8-22/h5-8,19,21,23-24,33H,3-4,9-18H2,1-2H3/t21-,23-,24+/m0/s1. The Balaban J connectivity index is 1.35. The summed E-state index contributed by atoms with van der Waals surface area (Å²) in [5.41, 5.74) is -0.801. The third-order valence-corrected chi connectivity index (χ3v) is 11.4. The van der Waals surface area contributed by atoms with Crippen LogP contribution in [0.3, 0.4) is 0 Å². The highest BCUT2D eigenvalue weighted by atomic mass is 35.5. The molecule has 1 amide bonds. The molecule has 11 heteroatoms.